The first-order valence-corrected chi connectivity index (χ1v) is 8.02. The summed E-state index contributed by atoms with van der Waals surface area (Å²) < 4.78 is 50.6. The first-order chi connectivity index (χ1) is 10.9. The monoisotopic (exact) mass is 347 g/mol. The molecule has 2 rings (SSSR count). The minimum atomic E-state index is -4.78. The van der Waals surface area contributed by atoms with Gasteiger partial charge in [-0.15, -0.1) is 0 Å². The molecule has 0 saturated carbocycles. The van der Waals surface area contributed by atoms with Gasteiger partial charge in [0.2, 0.25) is 5.75 Å². The molecule has 10 heteroatoms. The number of methoxy groups -OCH3 is 2. The van der Waals surface area contributed by atoms with Gasteiger partial charge < -0.3 is 23.3 Å². The van der Waals surface area contributed by atoms with Crippen LogP contribution in [0.4, 0.5) is 0 Å². The van der Waals surface area contributed by atoms with E-state index in [1.54, 1.807) is 4.90 Å². The summed E-state index contributed by atoms with van der Waals surface area (Å²) in [4.78, 5) is 14.0. The van der Waals surface area contributed by atoms with E-state index in [2.05, 4.69) is 4.18 Å². The fourth-order valence-corrected chi connectivity index (χ4v) is 2.53. The highest BCUT2D eigenvalue weighted by Gasteiger charge is 2.24. The van der Waals surface area contributed by atoms with Crippen LogP contribution in [0, 0.1) is 0 Å². The Morgan fingerprint density at radius 2 is 1.78 bits per heavy atom. The molecule has 1 saturated heterocycles. The van der Waals surface area contributed by atoms with Crippen LogP contribution in [0.1, 0.15) is 10.4 Å². The molecular formula is C13H17NO8S. The van der Waals surface area contributed by atoms with Gasteiger partial charge in [-0.1, -0.05) is 0 Å². The Balaban J connectivity index is 2.43. The van der Waals surface area contributed by atoms with Gasteiger partial charge in [0.05, 0.1) is 27.4 Å². The standard InChI is InChI=1S/C13H17NO8S/c1-19-10-7-9(13(15)14-3-5-21-6-4-14)8-11(12(10)20-2)22-23(16,17)18/h7-8H,3-6H2,1-2H3,(H,16,17,18). The van der Waals surface area contributed by atoms with E-state index < -0.39 is 10.4 Å². The van der Waals surface area contributed by atoms with Crippen molar-refractivity contribution in [2.45, 2.75) is 0 Å². The largest absolute Gasteiger partial charge is 0.493 e. The number of hydrogen-bond acceptors (Lipinski definition) is 7. The molecule has 9 nitrogen and oxygen atoms in total. The fourth-order valence-electron chi connectivity index (χ4n) is 2.18. The summed E-state index contributed by atoms with van der Waals surface area (Å²) in [5, 5.41) is 0. The van der Waals surface area contributed by atoms with Crippen LogP contribution in [0.5, 0.6) is 17.2 Å². The Morgan fingerprint density at radius 3 is 2.30 bits per heavy atom. The minimum Gasteiger partial charge on any atom is -0.493 e. The van der Waals surface area contributed by atoms with E-state index in [4.69, 9.17) is 18.8 Å². The smallest absolute Gasteiger partial charge is 0.446 e. The van der Waals surface area contributed by atoms with Crippen LogP contribution in [-0.4, -0.2) is 64.3 Å². The first-order valence-electron chi connectivity index (χ1n) is 6.65. The second-order valence-electron chi connectivity index (χ2n) is 4.63. The van der Waals surface area contributed by atoms with Gasteiger partial charge in [-0.25, -0.2) is 0 Å². The molecule has 0 bridgehead atoms. The van der Waals surface area contributed by atoms with Gasteiger partial charge in [-0.2, -0.15) is 8.42 Å². The van der Waals surface area contributed by atoms with Crippen molar-refractivity contribution in [2.75, 3.05) is 40.5 Å². The summed E-state index contributed by atoms with van der Waals surface area (Å²) in [6.45, 7) is 1.68. The van der Waals surface area contributed by atoms with Crippen LogP contribution in [0.15, 0.2) is 12.1 Å². The van der Waals surface area contributed by atoms with Crippen LogP contribution in [0.25, 0.3) is 0 Å². The van der Waals surface area contributed by atoms with Gasteiger partial charge in [0.1, 0.15) is 0 Å². The van der Waals surface area contributed by atoms with Crippen molar-refractivity contribution >= 4 is 16.3 Å². The Labute approximate surface area is 133 Å². The van der Waals surface area contributed by atoms with Crippen LogP contribution in [0.3, 0.4) is 0 Å². The molecule has 0 spiro atoms. The molecule has 1 amide bonds. The Bertz CT molecular complexity index is 681. The highest BCUT2D eigenvalue weighted by molar-refractivity contribution is 7.81. The average molecular weight is 347 g/mol. The van der Waals surface area contributed by atoms with E-state index >= 15 is 0 Å². The fraction of sp³-hybridized carbons (Fsp3) is 0.462. The number of amides is 1. The molecule has 0 aromatic heterocycles. The predicted molar refractivity (Wildman–Crippen MR) is 78.4 cm³/mol. The van der Waals surface area contributed by atoms with Gasteiger partial charge in [0, 0.05) is 18.7 Å². The Kier molecular flexibility index (Phi) is 5.29. The summed E-state index contributed by atoms with van der Waals surface area (Å²) in [7, 11) is -2.18. The highest BCUT2D eigenvalue weighted by Crippen LogP contribution is 2.39. The maximum atomic E-state index is 12.5. The van der Waals surface area contributed by atoms with Crippen molar-refractivity contribution in [3.05, 3.63) is 17.7 Å². The maximum absolute atomic E-state index is 12.5. The lowest BCUT2D eigenvalue weighted by Gasteiger charge is -2.27. The zero-order valence-corrected chi connectivity index (χ0v) is 13.5. The van der Waals surface area contributed by atoms with Crippen molar-refractivity contribution in [3.63, 3.8) is 0 Å². The molecule has 1 aromatic rings. The summed E-state index contributed by atoms with van der Waals surface area (Å²) in [5.41, 5.74) is 0.142. The highest BCUT2D eigenvalue weighted by atomic mass is 32.3. The molecule has 23 heavy (non-hydrogen) atoms. The van der Waals surface area contributed by atoms with Gasteiger partial charge in [0.15, 0.2) is 11.5 Å². The summed E-state index contributed by atoms with van der Waals surface area (Å²) in [6.07, 6.45) is 0. The number of carbonyl (C=O) groups excluding carboxylic acids is 1. The van der Waals surface area contributed by atoms with E-state index in [1.807, 2.05) is 0 Å². The number of benzene rings is 1. The third-order valence-corrected chi connectivity index (χ3v) is 3.58. The number of ether oxygens (including phenoxy) is 3. The normalized spacial score (nSPS) is 15.2. The molecule has 128 valence electrons. The minimum absolute atomic E-state index is 0.0522. The van der Waals surface area contributed by atoms with Gasteiger partial charge in [-0.3, -0.25) is 9.35 Å². The third-order valence-electron chi connectivity index (χ3n) is 3.19. The molecule has 1 aliphatic rings. The zero-order chi connectivity index (χ0) is 17.0. The maximum Gasteiger partial charge on any atom is 0.446 e. The van der Waals surface area contributed by atoms with Crippen molar-refractivity contribution < 1.29 is 36.2 Å². The topological polar surface area (TPSA) is 112 Å². The van der Waals surface area contributed by atoms with Crippen LogP contribution < -0.4 is 13.7 Å². The second kappa shape index (κ2) is 7.02. The van der Waals surface area contributed by atoms with E-state index in [1.165, 1.54) is 26.4 Å². The molecular weight excluding hydrogens is 330 g/mol. The van der Waals surface area contributed by atoms with Gasteiger partial charge in [-0.05, 0) is 12.1 Å². The molecule has 1 aliphatic heterocycles. The lowest BCUT2D eigenvalue weighted by molar-refractivity contribution is 0.0302. The average Bonchev–Trinajstić information content (AvgIpc) is 2.52. The van der Waals surface area contributed by atoms with Crippen molar-refractivity contribution in [1.82, 2.24) is 4.90 Å². The first kappa shape index (κ1) is 17.3. The quantitative estimate of drug-likeness (QED) is 0.760. The molecule has 0 atom stereocenters. The predicted octanol–water partition coefficient (Wildman–Crippen LogP) is 0.358. The number of carbonyl (C=O) groups is 1. The van der Waals surface area contributed by atoms with Crippen LogP contribution in [0.2, 0.25) is 0 Å². The molecule has 0 radical (unpaired) electrons. The van der Waals surface area contributed by atoms with E-state index in [-0.39, 0.29) is 28.7 Å². The number of morpholine rings is 1. The SMILES string of the molecule is COc1cc(C(=O)N2CCOCC2)cc(OS(=O)(=O)O)c1OC. The van der Waals surface area contributed by atoms with E-state index in [0.717, 1.165) is 0 Å². The molecule has 1 N–H and O–H groups in total. The molecule has 1 heterocycles. The van der Waals surface area contributed by atoms with Gasteiger partial charge in [0.25, 0.3) is 5.91 Å². The van der Waals surface area contributed by atoms with Crippen molar-refractivity contribution in [1.29, 1.82) is 0 Å². The lowest BCUT2D eigenvalue weighted by atomic mass is 10.1. The molecule has 0 unspecified atom stereocenters. The van der Waals surface area contributed by atoms with E-state index in [9.17, 15) is 13.2 Å². The Morgan fingerprint density at radius 1 is 1.17 bits per heavy atom. The number of rotatable bonds is 5. The summed E-state index contributed by atoms with van der Waals surface area (Å²) in [6, 6.07) is 2.58. The second-order valence-corrected chi connectivity index (χ2v) is 5.65. The summed E-state index contributed by atoms with van der Waals surface area (Å²) in [5.74, 6) is -0.630. The lowest BCUT2D eigenvalue weighted by Crippen LogP contribution is -2.40. The zero-order valence-electron chi connectivity index (χ0n) is 12.6. The van der Waals surface area contributed by atoms with E-state index in [0.29, 0.717) is 26.3 Å². The molecule has 0 aliphatic carbocycles. The number of nitrogens with zero attached hydrogens (tertiary/aromatic N) is 1. The third kappa shape index (κ3) is 4.24. The van der Waals surface area contributed by atoms with Crippen LogP contribution in [-0.2, 0) is 15.1 Å². The van der Waals surface area contributed by atoms with Gasteiger partial charge >= 0.3 is 10.4 Å². The van der Waals surface area contributed by atoms with Crippen molar-refractivity contribution in [2.24, 2.45) is 0 Å². The Hall–Kier alpha value is -2.04. The van der Waals surface area contributed by atoms with Crippen molar-refractivity contribution in [3.8, 4) is 17.2 Å². The summed E-state index contributed by atoms with van der Waals surface area (Å²) >= 11 is 0. The van der Waals surface area contributed by atoms with Crippen LogP contribution >= 0.6 is 0 Å². The molecule has 1 fully saturated rings. The number of hydrogen-bond donors (Lipinski definition) is 1. The molecule has 1 aromatic carbocycles.